The van der Waals surface area contributed by atoms with Crippen LogP contribution in [0.3, 0.4) is 0 Å². The molecular weight excluding hydrogens is 260 g/mol. The Kier molecular flexibility index (Phi) is 4.70. The number of carbonyl (C=O) groups excluding carboxylic acids is 1. The van der Waals surface area contributed by atoms with Crippen LogP contribution in [-0.2, 0) is 5.41 Å². The van der Waals surface area contributed by atoms with Gasteiger partial charge in [-0.25, -0.2) is 4.79 Å². The third-order valence-corrected chi connectivity index (χ3v) is 3.48. The monoisotopic (exact) mass is 276 g/mol. The summed E-state index contributed by atoms with van der Waals surface area (Å²) in [5.41, 5.74) is -0.0529. The van der Waals surface area contributed by atoms with Crippen molar-refractivity contribution in [3.05, 3.63) is 5.01 Å². The number of hydrogen-bond donors (Lipinski definition) is 1. The van der Waals surface area contributed by atoms with Crippen molar-refractivity contribution >= 4 is 34.1 Å². The van der Waals surface area contributed by atoms with Crippen molar-refractivity contribution in [1.29, 1.82) is 0 Å². The molecule has 0 aliphatic heterocycles. The lowest BCUT2D eigenvalue weighted by molar-refractivity contribution is 0.225. The average Bonchev–Trinajstić information content (AvgIpc) is 2.66. The SMILES string of the molecule is CN(CCCl)C(=O)Nc1nnc(C(C)(C)C)s1. The van der Waals surface area contributed by atoms with E-state index in [1.54, 1.807) is 7.05 Å². The Morgan fingerprint density at radius 1 is 1.47 bits per heavy atom. The maximum absolute atomic E-state index is 11.7. The number of urea groups is 1. The first-order valence-corrected chi connectivity index (χ1v) is 6.61. The van der Waals surface area contributed by atoms with E-state index in [0.717, 1.165) is 5.01 Å². The molecule has 7 heteroatoms. The molecule has 2 amide bonds. The largest absolute Gasteiger partial charge is 0.326 e. The number of aromatic nitrogens is 2. The van der Waals surface area contributed by atoms with Gasteiger partial charge in [0.1, 0.15) is 5.01 Å². The van der Waals surface area contributed by atoms with Crippen LogP contribution in [0.25, 0.3) is 0 Å². The Hall–Kier alpha value is -0.880. The third kappa shape index (κ3) is 4.12. The Labute approximate surface area is 110 Å². The van der Waals surface area contributed by atoms with Crippen molar-refractivity contribution in [2.24, 2.45) is 0 Å². The van der Waals surface area contributed by atoms with Crippen LogP contribution in [0.15, 0.2) is 0 Å². The van der Waals surface area contributed by atoms with E-state index in [1.807, 2.05) is 0 Å². The quantitative estimate of drug-likeness (QED) is 0.863. The lowest BCUT2D eigenvalue weighted by Crippen LogP contribution is -2.32. The second-order valence-electron chi connectivity index (χ2n) is 4.70. The van der Waals surface area contributed by atoms with Crippen LogP contribution in [0, 0.1) is 0 Å². The van der Waals surface area contributed by atoms with E-state index in [0.29, 0.717) is 17.6 Å². The summed E-state index contributed by atoms with van der Waals surface area (Å²) in [7, 11) is 1.68. The minimum atomic E-state index is -0.220. The summed E-state index contributed by atoms with van der Waals surface area (Å²) in [6.45, 7) is 6.66. The fraction of sp³-hybridized carbons (Fsp3) is 0.700. The molecule has 0 saturated heterocycles. The molecule has 0 saturated carbocycles. The highest BCUT2D eigenvalue weighted by Crippen LogP contribution is 2.27. The molecule has 0 bridgehead atoms. The van der Waals surface area contributed by atoms with E-state index in [1.165, 1.54) is 16.2 Å². The minimum Gasteiger partial charge on any atom is -0.326 e. The van der Waals surface area contributed by atoms with Gasteiger partial charge in [-0.2, -0.15) is 0 Å². The van der Waals surface area contributed by atoms with E-state index in [4.69, 9.17) is 11.6 Å². The topological polar surface area (TPSA) is 58.1 Å². The minimum absolute atomic E-state index is 0.0529. The number of alkyl halides is 1. The van der Waals surface area contributed by atoms with Crippen molar-refractivity contribution in [3.8, 4) is 0 Å². The van der Waals surface area contributed by atoms with E-state index in [-0.39, 0.29) is 11.4 Å². The molecule has 1 aromatic rings. The second-order valence-corrected chi connectivity index (χ2v) is 6.06. The highest BCUT2D eigenvalue weighted by Gasteiger charge is 2.20. The number of anilines is 1. The van der Waals surface area contributed by atoms with Gasteiger partial charge in [-0.15, -0.1) is 21.8 Å². The van der Waals surface area contributed by atoms with Gasteiger partial charge in [0.25, 0.3) is 0 Å². The van der Waals surface area contributed by atoms with Crippen LogP contribution in [0.1, 0.15) is 25.8 Å². The number of rotatable bonds is 3. The fourth-order valence-corrected chi connectivity index (χ4v) is 2.04. The number of nitrogens with zero attached hydrogens (tertiary/aromatic N) is 3. The molecule has 1 rings (SSSR count). The Balaban J connectivity index is 2.64. The second kappa shape index (κ2) is 5.64. The van der Waals surface area contributed by atoms with Crippen LogP contribution in [-0.4, -0.2) is 40.6 Å². The molecule has 0 radical (unpaired) electrons. The summed E-state index contributed by atoms with van der Waals surface area (Å²) in [6.07, 6.45) is 0. The van der Waals surface area contributed by atoms with Gasteiger partial charge in [-0.3, -0.25) is 5.32 Å². The molecule has 5 nitrogen and oxygen atoms in total. The average molecular weight is 277 g/mol. The number of amides is 2. The molecule has 0 unspecified atom stereocenters. The van der Waals surface area contributed by atoms with Crippen molar-refractivity contribution in [2.75, 3.05) is 24.8 Å². The first-order chi connectivity index (χ1) is 7.84. The van der Waals surface area contributed by atoms with Crippen LogP contribution in [0.5, 0.6) is 0 Å². The molecule has 0 spiro atoms. The summed E-state index contributed by atoms with van der Waals surface area (Å²) in [4.78, 5) is 13.2. The maximum atomic E-state index is 11.7. The fourth-order valence-electron chi connectivity index (χ4n) is 0.992. The molecule has 1 N–H and O–H groups in total. The van der Waals surface area contributed by atoms with Crippen molar-refractivity contribution in [1.82, 2.24) is 15.1 Å². The maximum Gasteiger partial charge on any atom is 0.323 e. The molecule has 0 aliphatic carbocycles. The first kappa shape index (κ1) is 14.2. The third-order valence-electron chi connectivity index (χ3n) is 2.05. The van der Waals surface area contributed by atoms with Crippen molar-refractivity contribution in [3.63, 3.8) is 0 Å². The summed E-state index contributed by atoms with van der Waals surface area (Å²) in [6, 6.07) is -0.220. The van der Waals surface area contributed by atoms with Gasteiger partial charge < -0.3 is 4.90 Å². The zero-order valence-electron chi connectivity index (χ0n) is 10.5. The molecule has 96 valence electrons. The number of carbonyl (C=O) groups is 1. The first-order valence-electron chi connectivity index (χ1n) is 5.26. The molecule has 0 aliphatic rings. The Morgan fingerprint density at radius 2 is 2.12 bits per heavy atom. The van der Waals surface area contributed by atoms with E-state index in [2.05, 4.69) is 36.3 Å². The van der Waals surface area contributed by atoms with E-state index in [9.17, 15) is 4.79 Å². The standard InChI is InChI=1S/C10H17ClN4OS/c1-10(2,3)7-13-14-8(17-7)12-9(16)15(4)6-5-11/h5-6H2,1-4H3,(H,12,14,16). The molecule has 1 aromatic heterocycles. The highest BCUT2D eigenvalue weighted by atomic mass is 35.5. The van der Waals surface area contributed by atoms with E-state index < -0.39 is 0 Å². The van der Waals surface area contributed by atoms with E-state index >= 15 is 0 Å². The summed E-state index contributed by atoms with van der Waals surface area (Å²) < 4.78 is 0. The Bertz CT molecular complexity index is 388. The summed E-state index contributed by atoms with van der Waals surface area (Å²) in [5, 5.41) is 12.1. The zero-order chi connectivity index (χ0) is 13.1. The van der Waals surface area contributed by atoms with Gasteiger partial charge in [-0.1, -0.05) is 32.1 Å². The lowest BCUT2D eigenvalue weighted by atomic mass is 9.98. The van der Waals surface area contributed by atoms with Gasteiger partial charge in [0, 0.05) is 24.9 Å². The molecule has 17 heavy (non-hydrogen) atoms. The summed E-state index contributed by atoms with van der Waals surface area (Å²) in [5.74, 6) is 0.410. The molecule has 0 aromatic carbocycles. The molecule has 0 atom stereocenters. The van der Waals surface area contributed by atoms with Crippen LogP contribution in [0.2, 0.25) is 0 Å². The predicted octanol–water partition coefficient (Wildman–Crippen LogP) is 2.54. The van der Waals surface area contributed by atoms with Gasteiger partial charge >= 0.3 is 6.03 Å². The van der Waals surface area contributed by atoms with Crippen LogP contribution in [0.4, 0.5) is 9.93 Å². The normalized spacial score (nSPS) is 11.4. The molecular formula is C10H17ClN4OS. The molecule has 0 fully saturated rings. The van der Waals surface area contributed by atoms with Crippen LogP contribution < -0.4 is 5.32 Å². The van der Waals surface area contributed by atoms with Crippen molar-refractivity contribution < 1.29 is 4.79 Å². The predicted molar refractivity (Wildman–Crippen MR) is 71.0 cm³/mol. The highest BCUT2D eigenvalue weighted by molar-refractivity contribution is 7.15. The number of nitrogens with one attached hydrogen (secondary N) is 1. The van der Waals surface area contributed by atoms with Gasteiger partial charge in [0.05, 0.1) is 0 Å². The van der Waals surface area contributed by atoms with Crippen LogP contribution >= 0.6 is 22.9 Å². The number of hydrogen-bond acceptors (Lipinski definition) is 4. The number of halogens is 1. The Morgan fingerprint density at radius 3 is 2.59 bits per heavy atom. The lowest BCUT2D eigenvalue weighted by Gasteiger charge is -2.15. The van der Waals surface area contributed by atoms with Gasteiger partial charge in [-0.05, 0) is 0 Å². The zero-order valence-corrected chi connectivity index (χ0v) is 12.0. The summed E-state index contributed by atoms with van der Waals surface area (Å²) >= 11 is 6.95. The van der Waals surface area contributed by atoms with Gasteiger partial charge in [0.2, 0.25) is 5.13 Å². The molecule has 1 heterocycles. The van der Waals surface area contributed by atoms with Gasteiger partial charge in [0.15, 0.2) is 0 Å². The smallest absolute Gasteiger partial charge is 0.323 e. The van der Waals surface area contributed by atoms with Crippen molar-refractivity contribution in [2.45, 2.75) is 26.2 Å².